The van der Waals surface area contributed by atoms with Crippen molar-refractivity contribution in [3.63, 3.8) is 0 Å². The predicted molar refractivity (Wildman–Crippen MR) is 96.6 cm³/mol. The van der Waals surface area contributed by atoms with Gasteiger partial charge in [-0.2, -0.15) is 0 Å². The lowest BCUT2D eigenvalue weighted by molar-refractivity contribution is -0.114. The first-order chi connectivity index (χ1) is 12.1. The van der Waals surface area contributed by atoms with E-state index < -0.39 is 0 Å². The van der Waals surface area contributed by atoms with Crippen LogP contribution in [0.1, 0.15) is 35.7 Å². The minimum atomic E-state index is -0.130. The Morgan fingerprint density at radius 1 is 1.12 bits per heavy atom. The van der Waals surface area contributed by atoms with E-state index in [0.717, 1.165) is 24.2 Å². The third kappa shape index (κ3) is 4.18. The molecule has 3 rings (SSSR count). The van der Waals surface area contributed by atoms with Gasteiger partial charge in [0.15, 0.2) is 0 Å². The zero-order valence-electron chi connectivity index (χ0n) is 14.5. The van der Waals surface area contributed by atoms with Crippen LogP contribution in [0.4, 0.5) is 5.69 Å². The Bertz CT molecular complexity index is 767. The number of carbonyl (C=O) groups excluding carboxylic acids is 2. The number of amides is 2. The van der Waals surface area contributed by atoms with Gasteiger partial charge in [-0.05, 0) is 43.2 Å². The summed E-state index contributed by atoms with van der Waals surface area (Å²) in [5.74, 6) is 0.666. The molecule has 0 unspecified atom stereocenters. The fourth-order valence-corrected chi connectivity index (χ4v) is 2.84. The molecule has 2 aromatic carbocycles. The molecule has 0 atom stereocenters. The summed E-state index contributed by atoms with van der Waals surface area (Å²) in [5, 5.41) is 2.71. The molecule has 25 heavy (non-hydrogen) atoms. The summed E-state index contributed by atoms with van der Waals surface area (Å²) in [4.78, 5) is 26.0. The normalized spacial score (nSPS) is 13.2. The first-order valence-electron chi connectivity index (χ1n) is 8.39. The largest absolute Gasteiger partial charge is 0.496 e. The van der Waals surface area contributed by atoms with Gasteiger partial charge in [0.1, 0.15) is 5.75 Å². The van der Waals surface area contributed by atoms with Crippen molar-refractivity contribution in [1.29, 1.82) is 0 Å². The predicted octanol–water partition coefficient (Wildman–Crippen LogP) is 3.46. The zero-order valence-corrected chi connectivity index (χ0v) is 14.5. The highest BCUT2D eigenvalue weighted by Crippen LogP contribution is 2.31. The van der Waals surface area contributed by atoms with Crippen molar-refractivity contribution in [1.82, 2.24) is 4.90 Å². The number of anilines is 1. The molecular weight excluding hydrogens is 316 g/mol. The van der Waals surface area contributed by atoms with Crippen LogP contribution in [0.2, 0.25) is 0 Å². The maximum atomic E-state index is 13.0. The number of rotatable bonds is 6. The third-order valence-electron chi connectivity index (χ3n) is 4.23. The number of para-hydroxylation sites is 1. The topological polar surface area (TPSA) is 58.6 Å². The van der Waals surface area contributed by atoms with Crippen LogP contribution in [0, 0.1) is 0 Å². The lowest BCUT2D eigenvalue weighted by Crippen LogP contribution is -2.32. The summed E-state index contributed by atoms with van der Waals surface area (Å²) in [7, 11) is 1.64. The van der Waals surface area contributed by atoms with Gasteiger partial charge < -0.3 is 15.0 Å². The number of carbonyl (C=O) groups is 2. The molecule has 5 nitrogen and oxygen atoms in total. The first kappa shape index (κ1) is 17.0. The number of hydrogen-bond acceptors (Lipinski definition) is 3. The second-order valence-electron chi connectivity index (χ2n) is 6.23. The number of nitrogens with one attached hydrogen (secondary N) is 1. The van der Waals surface area contributed by atoms with Gasteiger partial charge in [0.05, 0.1) is 7.11 Å². The van der Waals surface area contributed by atoms with Gasteiger partial charge in [0.25, 0.3) is 5.91 Å². The molecule has 5 heteroatoms. The molecule has 0 aromatic heterocycles. The molecule has 2 aromatic rings. The van der Waals surface area contributed by atoms with Crippen LogP contribution in [0.15, 0.2) is 48.5 Å². The average molecular weight is 338 g/mol. The van der Waals surface area contributed by atoms with E-state index in [1.807, 2.05) is 29.2 Å². The van der Waals surface area contributed by atoms with Crippen LogP contribution in [-0.4, -0.2) is 29.9 Å². The molecule has 0 saturated heterocycles. The van der Waals surface area contributed by atoms with Crippen LogP contribution >= 0.6 is 0 Å². The third-order valence-corrected chi connectivity index (χ3v) is 4.23. The van der Waals surface area contributed by atoms with Crippen molar-refractivity contribution >= 4 is 17.5 Å². The van der Waals surface area contributed by atoms with Crippen LogP contribution in [0.3, 0.4) is 0 Å². The van der Waals surface area contributed by atoms with E-state index in [1.165, 1.54) is 6.92 Å². The van der Waals surface area contributed by atoms with Crippen molar-refractivity contribution in [2.75, 3.05) is 12.4 Å². The molecule has 1 aliphatic rings. The van der Waals surface area contributed by atoms with E-state index in [0.29, 0.717) is 17.8 Å². The molecule has 0 heterocycles. The van der Waals surface area contributed by atoms with E-state index in [4.69, 9.17) is 4.74 Å². The number of benzene rings is 2. The van der Waals surface area contributed by atoms with Gasteiger partial charge >= 0.3 is 0 Å². The standard InChI is InChI=1S/C20H22N2O3/c1-14(23)21-17-9-7-15(8-10-17)20(24)22(18-11-12-18)13-16-5-3-4-6-19(16)25-2/h3-10,18H,11-13H2,1-2H3,(H,21,23). The van der Waals surface area contributed by atoms with Gasteiger partial charge in [-0.1, -0.05) is 18.2 Å². The summed E-state index contributed by atoms with van der Waals surface area (Å²) >= 11 is 0. The van der Waals surface area contributed by atoms with Crippen LogP contribution in [0.25, 0.3) is 0 Å². The molecule has 1 saturated carbocycles. The van der Waals surface area contributed by atoms with Crippen molar-refractivity contribution < 1.29 is 14.3 Å². The highest BCUT2D eigenvalue weighted by molar-refractivity contribution is 5.95. The Morgan fingerprint density at radius 3 is 2.40 bits per heavy atom. The summed E-state index contributed by atoms with van der Waals surface area (Å²) in [6.45, 7) is 1.99. The van der Waals surface area contributed by atoms with Gasteiger partial charge in [-0.3, -0.25) is 9.59 Å². The van der Waals surface area contributed by atoms with Gasteiger partial charge in [0.2, 0.25) is 5.91 Å². The summed E-state index contributed by atoms with van der Waals surface area (Å²) < 4.78 is 5.41. The fraction of sp³-hybridized carbons (Fsp3) is 0.300. The van der Waals surface area contributed by atoms with Gasteiger partial charge in [-0.25, -0.2) is 0 Å². The number of nitrogens with zero attached hydrogens (tertiary/aromatic N) is 1. The molecule has 0 aliphatic heterocycles. The SMILES string of the molecule is COc1ccccc1CN(C(=O)c1ccc(NC(C)=O)cc1)C1CC1. The molecule has 1 fully saturated rings. The Kier molecular flexibility index (Phi) is 5.03. The van der Waals surface area contributed by atoms with E-state index in [2.05, 4.69) is 5.32 Å². The molecule has 0 bridgehead atoms. The van der Waals surface area contributed by atoms with Gasteiger partial charge in [0, 0.05) is 36.3 Å². The Balaban J connectivity index is 1.78. The second kappa shape index (κ2) is 7.38. The molecule has 1 aliphatic carbocycles. The molecular formula is C20H22N2O3. The molecule has 0 radical (unpaired) electrons. The quantitative estimate of drug-likeness (QED) is 0.877. The monoisotopic (exact) mass is 338 g/mol. The summed E-state index contributed by atoms with van der Waals surface area (Å²) in [6.07, 6.45) is 2.07. The van der Waals surface area contributed by atoms with Crippen molar-refractivity contribution in [2.24, 2.45) is 0 Å². The lowest BCUT2D eigenvalue weighted by Gasteiger charge is -2.24. The fourth-order valence-electron chi connectivity index (χ4n) is 2.84. The summed E-state index contributed by atoms with van der Waals surface area (Å²) in [5.41, 5.74) is 2.31. The Hall–Kier alpha value is -2.82. The highest BCUT2D eigenvalue weighted by atomic mass is 16.5. The van der Waals surface area contributed by atoms with E-state index in [1.54, 1.807) is 31.4 Å². The highest BCUT2D eigenvalue weighted by Gasteiger charge is 2.33. The van der Waals surface area contributed by atoms with Crippen LogP contribution in [-0.2, 0) is 11.3 Å². The van der Waals surface area contributed by atoms with E-state index in [-0.39, 0.29) is 17.9 Å². The van der Waals surface area contributed by atoms with E-state index >= 15 is 0 Å². The van der Waals surface area contributed by atoms with E-state index in [9.17, 15) is 9.59 Å². The van der Waals surface area contributed by atoms with Crippen molar-refractivity contribution in [2.45, 2.75) is 32.4 Å². The smallest absolute Gasteiger partial charge is 0.254 e. The number of ether oxygens (including phenoxy) is 1. The maximum Gasteiger partial charge on any atom is 0.254 e. The van der Waals surface area contributed by atoms with Crippen LogP contribution in [0.5, 0.6) is 5.75 Å². The zero-order chi connectivity index (χ0) is 17.8. The number of methoxy groups -OCH3 is 1. The minimum absolute atomic E-state index is 0.00258. The lowest BCUT2D eigenvalue weighted by atomic mass is 10.1. The van der Waals surface area contributed by atoms with Crippen LogP contribution < -0.4 is 10.1 Å². The Morgan fingerprint density at radius 2 is 1.80 bits per heavy atom. The van der Waals surface area contributed by atoms with Crippen molar-refractivity contribution in [3.8, 4) is 5.75 Å². The minimum Gasteiger partial charge on any atom is -0.496 e. The molecule has 130 valence electrons. The molecule has 2 amide bonds. The molecule has 0 spiro atoms. The number of hydrogen-bond donors (Lipinski definition) is 1. The first-order valence-corrected chi connectivity index (χ1v) is 8.39. The Labute approximate surface area is 147 Å². The average Bonchev–Trinajstić information content (AvgIpc) is 3.44. The summed E-state index contributed by atoms with van der Waals surface area (Å²) in [6, 6.07) is 15.1. The maximum absolute atomic E-state index is 13.0. The second-order valence-corrected chi connectivity index (χ2v) is 6.23. The van der Waals surface area contributed by atoms with Crippen molar-refractivity contribution in [3.05, 3.63) is 59.7 Å². The molecule has 1 N–H and O–H groups in total. The van der Waals surface area contributed by atoms with Gasteiger partial charge in [-0.15, -0.1) is 0 Å².